The molecule has 1 saturated carbocycles. The van der Waals surface area contributed by atoms with Gasteiger partial charge in [-0.15, -0.1) is 0 Å². The van der Waals surface area contributed by atoms with E-state index in [2.05, 4.69) is 42.7 Å². The first kappa shape index (κ1) is 28.0. The van der Waals surface area contributed by atoms with Crippen LogP contribution in [0.15, 0.2) is 11.6 Å². The number of epoxide rings is 2. The highest BCUT2D eigenvalue weighted by Crippen LogP contribution is 2.59. The molecule has 3 N–H and O–H groups in total. The molecule has 9 nitrogen and oxygen atoms in total. The molecule has 198 valence electrons. The van der Waals surface area contributed by atoms with Crippen LogP contribution in [-0.2, 0) is 23.7 Å². The van der Waals surface area contributed by atoms with Gasteiger partial charge in [0, 0.05) is 20.2 Å². The summed E-state index contributed by atoms with van der Waals surface area (Å²) in [6.07, 6.45) is 7.56. The second-order valence-corrected chi connectivity index (χ2v) is 10.5. The molecular weight excluding hydrogens is 449 g/mol. The Morgan fingerprint density at radius 3 is 2.43 bits per heavy atom. The molecule has 1 spiro atoms. The van der Waals surface area contributed by atoms with Gasteiger partial charge in [-0.3, -0.25) is 4.79 Å². The second kappa shape index (κ2) is 12.6. The lowest BCUT2D eigenvalue weighted by Gasteiger charge is -2.42. The second-order valence-electron chi connectivity index (χ2n) is 10.5. The molecule has 2 amide bonds. The third kappa shape index (κ3) is 7.44. The van der Waals surface area contributed by atoms with Gasteiger partial charge in [-0.1, -0.05) is 24.5 Å². The van der Waals surface area contributed by atoms with Gasteiger partial charge in [-0.25, -0.2) is 4.79 Å². The molecule has 0 aromatic carbocycles. The molecule has 6 atom stereocenters. The lowest BCUT2D eigenvalue weighted by atomic mass is 9.68. The third-order valence-electron chi connectivity index (χ3n) is 7.53. The molecule has 0 bridgehead atoms. The number of allylic oxidation sites excluding steroid dienone is 1. The Morgan fingerprint density at radius 2 is 1.83 bits per heavy atom. The van der Waals surface area contributed by atoms with Crippen molar-refractivity contribution in [1.82, 2.24) is 15.9 Å². The summed E-state index contributed by atoms with van der Waals surface area (Å²) in [6, 6.07) is 0. The molecule has 1 aliphatic carbocycles. The van der Waals surface area contributed by atoms with E-state index in [1.165, 1.54) is 5.57 Å². The molecule has 3 rings (SSSR count). The lowest BCUT2D eigenvalue weighted by molar-refractivity contribution is -0.119. The van der Waals surface area contributed by atoms with Gasteiger partial charge in [0.1, 0.15) is 23.4 Å². The minimum atomic E-state index is -0.397. The fourth-order valence-corrected chi connectivity index (χ4v) is 5.49. The number of amides is 2. The van der Waals surface area contributed by atoms with Gasteiger partial charge in [0.2, 0.25) is 5.91 Å². The topological polar surface area (TPSA) is 114 Å². The summed E-state index contributed by atoms with van der Waals surface area (Å²) in [5.41, 5.74) is 0.716. The first-order valence-electron chi connectivity index (χ1n) is 13.1. The molecule has 0 aromatic rings. The van der Waals surface area contributed by atoms with Crippen LogP contribution in [0, 0.1) is 5.92 Å². The summed E-state index contributed by atoms with van der Waals surface area (Å²) in [6.45, 7) is 8.64. The van der Waals surface area contributed by atoms with Crippen molar-refractivity contribution in [2.24, 2.45) is 5.92 Å². The number of carbonyl (C=O) groups is 2. The Hall–Kier alpha value is -1.62. The quantitative estimate of drug-likeness (QED) is 0.146. The van der Waals surface area contributed by atoms with Gasteiger partial charge >= 0.3 is 6.09 Å². The zero-order valence-electron chi connectivity index (χ0n) is 22.1. The zero-order chi connectivity index (χ0) is 25.5. The van der Waals surface area contributed by atoms with Crippen LogP contribution in [0.1, 0.15) is 65.7 Å². The van der Waals surface area contributed by atoms with Crippen molar-refractivity contribution in [3.05, 3.63) is 11.6 Å². The number of alkyl carbamates (subject to hydrolysis) is 1. The van der Waals surface area contributed by atoms with E-state index in [4.69, 9.17) is 18.9 Å². The van der Waals surface area contributed by atoms with E-state index in [1.807, 2.05) is 0 Å². The van der Waals surface area contributed by atoms with Crippen LogP contribution in [0.5, 0.6) is 0 Å². The normalized spacial score (nSPS) is 33.1. The number of methoxy groups -OCH3 is 1. The highest BCUT2D eigenvalue weighted by molar-refractivity contribution is 6.06. The first-order chi connectivity index (χ1) is 16.8. The summed E-state index contributed by atoms with van der Waals surface area (Å²) in [5, 5.41) is 8.58. The Morgan fingerprint density at radius 1 is 1.14 bits per heavy atom. The SMILES string of the molecule is BNCC(=O)NCCCCCCNC(=O)OC1CC[C@]2(CO2)C(C2(C)O[C@@H]2CC=C(C)C)C1OC. The summed E-state index contributed by atoms with van der Waals surface area (Å²) >= 11 is 0. The fourth-order valence-electron chi connectivity index (χ4n) is 5.49. The number of hydrogen-bond acceptors (Lipinski definition) is 7. The monoisotopic (exact) mass is 493 g/mol. The molecule has 4 unspecified atom stereocenters. The average Bonchev–Trinajstić information content (AvgIpc) is 3.72. The third-order valence-corrected chi connectivity index (χ3v) is 7.53. The van der Waals surface area contributed by atoms with Gasteiger partial charge in [0.15, 0.2) is 7.98 Å². The number of rotatable bonds is 14. The van der Waals surface area contributed by atoms with E-state index in [-0.39, 0.29) is 41.3 Å². The number of unbranched alkanes of at least 4 members (excludes halogenated alkanes) is 3. The van der Waals surface area contributed by atoms with E-state index in [0.717, 1.165) is 44.9 Å². The Balaban J connectivity index is 1.40. The molecule has 2 saturated heterocycles. The molecule has 10 heteroatoms. The Kier molecular flexibility index (Phi) is 10.0. The van der Waals surface area contributed by atoms with E-state index in [1.54, 1.807) is 15.1 Å². The van der Waals surface area contributed by atoms with E-state index in [9.17, 15) is 9.59 Å². The van der Waals surface area contributed by atoms with Crippen LogP contribution in [0.2, 0.25) is 0 Å². The molecule has 2 heterocycles. The summed E-state index contributed by atoms with van der Waals surface area (Å²) in [4.78, 5) is 23.9. The van der Waals surface area contributed by atoms with E-state index < -0.39 is 6.09 Å². The van der Waals surface area contributed by atoms with Crippen molar-refractivity contribution in [2.45, 2.75) is 95.2 Å². The molecular formula is C25H44BN3O6. The Labute approximate surface area is 210 Å². The summed E-state index contributed by atoms with van der Waals surface area (Å²) in [5.74, 6) is 0.0387. The molecule has 0 aromatic heterocycles. The highest BCUT2D eigenvalue weighted by atomic mass is 16.6. The van der Waals surface area contributed by atoms with Crippen LogP contribution in [0.3, 0.4) is 0 Å². The van der Waals surface area contributed by atoms with Gasteiger partial charge in [0.25, 0.3) is 0 Å². The number of hydrogen-bond donors (Lipinski definition) is 3. The van der Waals surface area contributed by atoms with Crippen LogP contribution in [0.25, 0.3) is 0 Å². The van der Waals surface area contributed by atoms with E-state index >= 15 is 0 Å². The maximum Gasteiger partial charge on any atom is 0.407 e. The van der Waals surface area contributed by atoms with Crippen molar-refractivity contribution in [2.75, 3.05) is 33.4 Å². The van der Waals surface area contributed by atoms with Crippen molar-refractivity contribution >= 4 is 20.0 Å². The molecule has 2 aliphatic heterocycles. The molecule has 35 heavy (non-hydrogen) atoms. The van der Waals surface area contributed by atoms with Crippen LogP contribution >= 0.6 is 0 Å². The standard InChI is InChI=1S/C25H44BN3O6/c1-17(2)9-10-19-24(3,35-19)22-21(32-4)18(11-12-25(22)16-33-25)34-23(31)28-14-8-6-5-7-13-27-20(30)15-29-26/h9,18-19,21-22,29H,5-8,10-16,26H2,1-4H3,(H,27,30)(H,28,31)/t18?,19-,21?,22?,24?,25+/m1/s1. The van der Waals surface area contributed by atoms with Crippen LogP contribution < -0.4 is 15.9 Å². The molecule has 0 radical (unpaired) electrons. The lowest BCUT2D eigenvalue weighted by Crippen LogP contribution is -2.56. The van der Waals surface area contributed by atoms with Crippen LogP contribution in [-0.4, -0.2) is 82.8 Å². The highest BCUT2D eigenvalue weighted by Gasteiger charge is 2.72. The minimum Gasteiger partial charge on any atom is -0.443 e. The summed E-state index contributed by atoms with van der Waals surface area (Å²) < 4.78 is 24.0. The maximum atomic E-state index is 12.5. The van der Waals surface area contributed by atoms with Gasteiger partial charge < -0.3 is 34.8 Å². The van der Waals surface area contributed by atoms with Crippen LogP contribution in [0.4, 0.5) is 4.79 Å². The van der Waals surface area contributed by atoms with Crippen molar-refractivity contribution in [3.8, 4) is 0 Å². The number of nitrogens with one attached hydrogen (secondary N) is 3. The average molecular weight is 493 g/mol. The first-order valence-corrected chi connectivity index (χ1v) is 13.1. The summed E-state index contributed by atoms with van der Waals surface area (Å²) in [7, 11) is 3.44. The molecule has 3 aliphatic rings. The predicted molar refractivity (Wildman–Crippen MR) is 136 cm³/mol. The van der Waals surface area contributed by atoms with Crippen molar-refractivity contribution in [3.63, 3.8) is 0 Å². The smallest absolute Gasteiger partial charge is 0.407 e. The van der Waals surface area contributed by atoms with Gasteiger partial charge in [-0.05, 0) is 52.9 Å². The van der Waals surface area contributed by atoms with Crippen molar-refractivity contribution in [1.29, 1.82) is 0 Å². The number of ether oxygens (including phenoxy) is 4. The van der Waals surface area contributed by atoms with E-state index in [0.29, 0.717) is 26.2 Å². The number of carbonyl (C=O) groups excluding carboxylic acids is 2. The largest absolute Gasteiger partial charge is 0.443 e. The minimum absolute atomic E-state index is 0.0149. The van der Waals surface area contributed by atoms with Gasteiger partial charge in [0.05, 0.1) is 25.2 Å². The fraction of sp³-hybridized carbons (Fsp3) is 0.840. The zero-order valence-corrected chi connectivity index (χ0v) is 22.1. The molecule has 3 fully saturated rings. The Bertz CT molecular complexity index is 757. The maximum absolute atomic E-state index is 12.5. The van der Waals surface area contributed by atoms with Crippen molar-refractivity contribution < 1.29 is 28.5 Å². The van der Waals surface area contributed by atoms with Gasteiger partial charge in [-0.2, -0.15) is 0 Å². The predicted octanol–water partition coefficient (Wildman–Crippen LogP) is 1.60.